The average Bonchev–Trinajstić information content (AvgIpc) is 2.21. The summed E-state index contributed by atoms with van der Waals surface area (Å²) in [5.74, 6) is -1.72. The van der Waals surface area contributed by atoms with E-state index in [0.29, 0.717) is 0 Å². The third kappa shape index (κ3) is 2.20. The van der Waals surface area contributed by atoms with Gasteiger partial charge in [-0.1, -0.05) is 6.08 Å². The summed E-state index contributed by atoms with van der Waals surface area (Å²) in [5, 5.41) is 29.1. The van der Waals surface area contributed by atoms with Gasteiger partial charge in [0, 0.05) is 13.0 Å². The van der Waals surface area contributed by atoms with Crippen molar-refractivity contribution in [1.82, 2.24) is 0 Å². The number of aliphatic hydroxyl groups is 3. The molecule has 0 aromatic carbocycles. The summed E-state index contributed by atoms with van der Waals surface area (Å²) in [4.78, 5) is 0. The zero-order valence-corrected chi connectivity index (χ0v) is 8.41. The number of hydrogen-bond donors (Lipinski definition) is 5. The molecule has 0 unspecified atom stereocenters. The lowest BCUT2D eigenvalue weighted by Gasteiger charge is -2.46. The van der Waals surface area contributed by atoms with E-state index in [1.54, 1.807) is 0 Å². The van der Waals surface area contributed by atoms with Crippen LogP contribution in [0.5, 0.6) is 0 Å². The average molecular weight is 218 g/mol. The molecule has 15 heavy (non-hydrogen) atoms. The standard InChI is InChI=1S/C9H18N2O4/c1-2-3-9(14)8(11)7(13)6(12)5(4-10)15-9/h2,5-8,12-14H,1,3-4,10-11H2/t5-,6-,7+,8-,9+/m1/s1. The Labute approximate surface area is 88.1 Å². The van der Waals surface area contributed by atoms with Crippen molar-refractivity contribution >= 4 is 0 Å². The van der Waals surface area contributed by atoms with Crippen molar-refractivity contribution in [2.75, 3.05) is 6.54 Å². The van der Waals surface area contributed by atoms with E-state index in [1.807, 2.05) is 0 Å². The van der Waals surface area contributed by atoms with Gasteiger partial charge in [0.2, 0.25) is 0 Å². The molecule has 1 heterocycles. The fourth-order valence-electron chi connectivity index (χ4n) is 1.69. The molecule has 0 radical (unpaired) electrons. The first-order chi connectivity index (χ1) is 6.96. The van der Waals surface area contributed by atoms with Crippen molar-refractivity contribution in [2.24, 2.45) is 11.5 Å². The molecule has 6 heteroatoms. The first-order valence-corrected chi connectivity index (χ1v) is 4.79. The monoisotopic (exact) mass is 218 g/mol. The lowest BCUT2D eigenvalue weighted by atomic mass is 9.89. The molecule has 0 spiro atoms. The van der Waals surface area contributed by atoms with Crippen LogP contribution in [0.3, 0.4) is 0 Å². The molecule has 0 aromatic rings. The van der Waals surface area contributed by atoms with E-state index >= 15 is 0 Å². The van der Waals surface area contributed by atoms with E-state index in [9.17, 15) is 15.3 Å². The molecule has 5 atom stereocenters. The molecule has 88 valence electrons. The topological polar surface area (TPSA) is 122 Å². The minimum atomic E-state index is -1.72. The Morgan fingerprint density at radius 3 is 2.47 bits per heavy atom. The van der Waals surface area contributed by atoms with Gasteiger partial charge in [0.25, 0.3) is 0 Å². The van der Waals surface area contributed by atoms with Crippen LogP contribution in [0.15, 0.2) is 12.7 Å². The largest absolute Gasteiger partial charge is 0.388 e. The van der Waals surface area contributed by atoms with Crippen LogP contribution in [0.4, 0.5) is 0 Å². The maximum Gasteiger partial charge on any atom is 0.187 e. The Morgan fingerprint density at radius 1 is 1.40 bits per heavy atom. The molecular weight excluding hydrogens is 200 g/mol. The Bertz CT molecular complexity index is 236. The number of hydrogen-bond acceptors (Lipinski definition) is 6. The van der Waals surface area contributed by atoms with Crippen LogP contribution in [0.1, 0.15) is 6.42 Å². The van der Waals surface area contributed by atoms with Crippen LogP contribution < -0.4 is 11.5 Å². The summed E-state index contributed by atoms with van der Waals surface area (Å²) >= 11 is 0. The maximum absolute atomic E-state index is 9.98. The molecule has 6 nitrogen and oxygen atoms in total. The normalized spacial score (nSPS) is 46.5. The Morgan fingerprint density at radius 2 is 2.00 bits per heavy atom. The van der Waals surface area contributed by atoms with Crippen molar-refractivity contribution < 1.29 is 20.1 Å². The van der Waals surface area contributed by atoms with Gasteiger partial charge in [-0.3, -0.25) is 0 Å². The highest BCUT2D eigenvalue weighted by atomic mass is 16.6. The van der Waals surface area contributed by atoms with Crippen molar-refractivity contribution in [3.63, 3.8) is 0 Å². The Kier molecular flexibility index (Phi) is 3.82. The molecule has 0 aliphatic carbocycles. The van der Waals surface area contributed by atoms with E-state index in [4.69, 9.17) is 16.2 Å². The Balaban J connectivity index is 2.86. The molecule has 0 saturated carbocycles. The predicted molar refractivity (Wildman–Crippen MR) is 53.7 cm³/mol. The molecule has 1 saturated heterocycles. The second-order valence-corrected chi connectivity index (χ2v) is 3.74. The fraction of sp³-hybridized carbons (Fsp3) is 0.778. The number of nitrogens with two attached hydrogens (primary N) is 2. The van der Waals surface area contributed by atoms with Crippen LogP contribution in [0.2, 0.25) is 0 Å². The summed E-state index contributed by atoms with van der Waals surface area (Å²) in [5.41, 5.74) is 10.9. The molecule has 1 aliphatic heterocycles. The van der Waals surface area contributed by atoms with Crippen LogP contribution in [-0.2, 0) is 4.74 Å². The van der Waals surface area contributed by atoms with Crippen LogP contribution in [0.25, 0.3) is 0 Å². The van der Waals surface area contributed by atoms with Crippen LogP contribution in [-0.4, -0.2) is 52.0 Å². The fourth-order valence-corrected chi connectivity index (χ4v) is 1.69. The highest BCUT2D eigenvalue weighted by Crippen LogP contribution is 2.29. The van der Waals surface area contributed by atoms with E-state index in [0.717, 1.165) is 0 Å². The summed E-state index contributed by atoms with van der Waals surface area (Å²) in [6.07, 6.45) is -1.79. The zero-order chi connectivity index (χ0) is 11.6. The number of rotatable bonds is 3. The molecule has 0 amide bonds. The van der Waals surface area contributed by atoms with Gasteiger partial charge >= 0.3 is 0 Å². The minimum absolute atomic E-state index is 0.00952. The van der Waals surface area contributed by atoms with Gasteiger partial charge in [0.1, 0.15) is 18.3 Å². The van der Waals surface area contributed by atoms with Gasteiger partial charge in [-0.2, -0.15) is 0 Å². The van der Waals surface area contributed by atoms with Gasteiger partial charge in [-0.05, 0) is 0 Å². The van der Waals surface area contributed by atoms with E-state index in [-0.39, 0.29) is 13.0 Å². The van der Waals surface area contributed by atoms with Crippen molar-refractivity contribution in [3.8, 4) is 0 Å². The first kappa shape index (κ1) is 12.6. The summed E-state index contributed by atoms with van der Waals surface area (Å²) in [6.45, 7) is 3.45. The molecular formula is C9H18N2O4. The van der Waals surface area contributed by atoms with Gasteiger partial charge in [-0.25, -0.2) is 0 Å². The lowest BCUT2D eigenvalue weighted by Crippen LogP contribution is -2.68. The maximum atomic E-state index is 9.98. The summed E-state index contributed by atoms with van der Waals surface area (Å²) in [6, 6.07) is -1.09. The van der Waals surface area contributed by atoms with Crippen molar-refractivity contribution in [1.29, 1.82) is 0 Å². The SMILES string of the molecule is C=CC[C@]1(O)O[C@H](CN)[C@@H](O)[C@H](O)[C@H]1N. The first-order valence-electron chi connectivity index (χ1n) is 4.79. The number of aliphatic hydroxyl groups excluding tert-OH is 2. The minimum Gasteiger partial charge on any atom is -0.388 e. The highest BCUT2D eigenvalue weighted by Gasteiger charge is 2.50. The van der Waals surface area contributed by atoms with Crippen LogP contribution in [0, 0.1) is 0 Å². The second-order valence-electron chi connectivity index (χ2n) is 3.74. The molecule has 1 fully saturated rings. The lowest BCUT2D eigenvalue weighted by molar-refractivity contribution is -0.305. The number of ether oxygens (including phenoxy) is 1. The van der Waals surface area contributed by atoms with Gasteiger partial charge < -0.3 is 31.5 Å². The molecule has 1 rings (SSSR count). The Hall–Kier alpha value is -0.500. The quantitative estimate of drug-likeness (QED) is 0.338. The van der Waals surface area contributed by atoms with Gasteiger partial charge in [0.15, 0.2) is 5.79 Å². The van der Waals surface area contributed by atoms with E-state index in [1.165, 1.54) is 6.08 Å². The predicted octanol–water partition coefficient (Wildman–Crippen LogP) is -2.34. The highest BCUT2D eigenvalue weighted by molar-refractivity contribution is 5.01. The molecule has 7 N–H and O–H groups in total. The molecule has 1 aliphatic rings. The summed E-state index contributed by atoms with van der Waals surface area (Å²) < 4.78 is 5.18. The van der Waals surface area contributed by atoms with E-state index < -0.39 is 30.1 Å². The molecule has 0 aromatic heterocycles. The van der Waals surface area contributed by atoms with Crippen LogP contribution >= 0.6 is 0 Å². The van der Waals surface area contributed by atoms with Gasteiger partial charge in [-0.15, -0.1) is 6.58 Å². The smallest absolute Gasteiger partial charge is 0.187 e. The zero-order valence-electron chi connectivity index (χ0n) is 8.41. The van der Waals surface area contributed by atoms with Gasteiger partial charge in [0.05, 0.1) is 6.04 Å². The van der Waals surface area contributed by atoms with E-state index in [2.05, 4.69) is 6.58 Å². The third-order valence-electron chi connectivity index (χ3n) is 2.64. The van der Waals surface area contributed by atoms with Crippen molar-refractivity contribution in [3.05, 3.63) is 12.7 Å². The third-order valence-corrected chi connectivity index (χ3v) is 2.64. The summed E-state index contributed by atoms with van der Waals surface area (Å²) in [7, 11) is 0. The second kappa shape index (κ2) is 4.56. The molecule has 0 bridgehead atoms. The van der Waals surface area contributed by atoms with Crippen molar-refractivity contribution in [2.45, 2.75) is 36.6 Å².